The van der Waals surface area contributed by atoms with Gasteiger partial charge in [-0.2, -0.15) is 0 Å². The third-order valence-corrected chi connectivity index (χ3v) is 4.19. The van der Waals surface area contributed by atoms with Crippen LogP contribution >= 0.6 is 11.6 Å². The smallest absolute Gasteiger partial charge is 0.213 e. The molecule has 6 heteroatoms. The number of alkyl halides is 1. The standard InChI is InChI=1S/C11H16ClNO3S/c1-9(13-17(14,15)8-7-12)10-3-5-11(16-2)6-4-10/h3-6,9,13H,7-8H2,1-2H3/t9-/m0/s1. The fraction of sp³-hybridized carbons (Fsp3) is 0.455. The molecule has 0 aromatic heterocycles. The summed E-state index contributed by atoms with van der Waals surface area (Å²) in [6.07, 6.45) is 0. The lowest BCUT2D eigenvalue weighted by molar-refractivity contribution is 0.414. The van der Waals surface area contributed by atoms with Gasteiger partial charge in [-0.05, 0) is 24.6 Å². The summed E-state index contributed by atoms with van der Waals surface area (Å²) >= 11 is 5.42. The molecule has 0 spiro atoms. The van der Waals surface area contributed by atoms with Gasteiger partial charge < -0.3 is 4.74 Å². The average molecular weight is 278 g/mol. The Kier molecular flexibility index (Phi) is 5.24. The molecule has 96 valence electrons. The highest BCUT2D eigenvalue weighted by Crippen LogP contribution is 2.17. The van der Waals surface area contributed by atoms with Gasteiger partial charge in [-0.25, -0.2) is 13.1 Å². The van der Waals surface area contributed by atoms with Crippen LogP contribution in [0.1, 0.15) is 18.5 Å². The molecule has 0 amide bonds. The second-order valence-corrected chi connectivity index (χ2v) is 5.87. The van der Waals surface area contributed by atoms with E-state index in [2.05, 4.69) is 4.72 Å². The molecule has 17 heavy (non-hydrogen) atoms. The van der Waals surface area contributed by atoms with E-state index in [-0.39, 0.29) is 17.7 Å². The third kappa shape index (κ3) is 4.53. The van der Waals surface area contributed by atoms with Gasteiger partial charge in [0.05, 0.1) is 12.9 Å². The van der Waals surface area contributed by atoms with Gasteiger partial charge in [0.2, 0.25) is 10.0 Å². The zero-order chi connectivity index (χ0) is 12.9. The van der Waals surface area contributed by atoms with Crippen LogP contribution in [-0.2, 0) is 10.0 Å². The predicted molar refractivity (Wildman–Crippen MR) is 69.1 cm³/mol. The Morgan fingerprint density at radius 1 is 1.35 bits per heavy atom. The molecule has 0 saturated heterocycles. The van der Waals surface area contributed by atoms with Gasteiger partial charge in [-0.3, -0.25) is 0 Å². The Morgan fingerprint density at radius 2 is 1.94 bits per heavy atom. The predicted octanol–water partition coefficient (Wildman–Crippen LogP) is 1.91. The summed E-state index contributed by atoms with van der Waals surface area (Å²) in [6, 6.07) is 6.96. The summed E-state index contributed by atoms with van der Waals surface area (Å²) in [7, 11) is -1.72. The van der Waals surface area contributed by atoms with Crippen LogP contribution in [0.3, 0.4) is 0 Å². The molecule has 1 rings (SSSR count). The normalized spacial score (nSPS) is 13.4. The van der Waals surface area contributed by atoms with Gasteiger partial charge in [0.1, 0.15) is 5.75 Å². The highest BCUT2D eigenvalue weighted by molar-refractivity contribution is 7.89. The van der Waals surface area contributed by atoms with Gasteiger partial charge in [-0.15, -0.1) is 11.6 Å². The molecule has 0 heterocycles. The molecule has 0 saturated carbocycles. The zero-order valence-corrected chi connectivity index (χ0v) is 11.4. The summed E-state index contributed by atoms with van der Waals surface area (Å²) in [5.74, 6) is 0.754. The summed E-state index contributed by atoms with van der Waals surface area (Å²) < 4.78 is 30.6. The number of methoxy groups -OCH3 is 1. The summed E-state index contributed by atoms with van der Waals surface area (Å²) in [5, 5.41) is 0. The van der Waals surface area contributed by atoms with Gasteiger partial charge in [0.15, 0.2) is 0 Å². The minimum Gasteiger partial charge on any atom is -0.497 e. The van der Waals surface area contributed by atoms with Crippen molar-refractivity contribution >= 4 is 21.6 Å². The van der Waals surface area contributed by atoms with Crippen LogP contribution in [0, 0.1) is 0 Å². The Bertz CT molecular complexity index is 444. The molecular weight excluding hydrogens is 262 g/mol. The summed E-state index contributed by atoms with van der Waals surface area (Å²) in [6.45, 7) is 1.79. The number of hydrogen-bond donors (Lipinski definition) is 1. The lowest BCUT2D eigenvalue weighted by Crippen LogP contribution is -2.29. The van der Waals surface area contributed by atoms with Crippen LogP contribution in [0.15, 0.2) is 24.3 Å². The zero-order valence-electron chi connectivity index (χ0n) is 9.81. The maximum Gasteiger partial charge on any atom is 0.213 e. The van der Waals surface area contributed by atoms with Crippen LogP contribution in [0.5, 0.6) is 5.75 Å². The van der Waals surface area contributed by atoms with Crippen molar-refractivity contribution in [1.29, 1.82) is 0 Å². The average Bonchev–Trinajstić information content (AvgIpc) is 2.28. The molecule has 4 nitrogen and oxygen atoms in total. The molecule has 0 aliphatic carbocycles. The number of sulfonamides is 1. The molecule has 1 N–H and O–H groups in total. The Balaban J connectivity index is 2.72. The van der Waals surface area contributed by atoms with Crippen molar-refractivity contribution < 1.29 is 13.2 Å². The van der Waals surface area contributed by atoms with E-state index in [0.29, 0.717) is 0 Å². The monoisotopic (exact) mass is 277 g/mol. The summed E-state index contributed by atoms with van der Waals surface area (Å²) in [4.78, 5) is 0. The molecule has 1 aromatic carbocycles. The van der Waals surface area contributed by atoms with Crippen LogP contribution in [0.25, 0.3) is 0 Å². The third-order valence-electron chi connectivity index (χ3n) is 2.32. The molecular formula is C11H16ClNO3S. The van der Waals surface area contributed by atoms with E-state index in [1.807, 2.05) is 12.1 Å². The highest BCUT2D eigenvalue weighted by Gasteiger charge is 2.14. The molecule has 1 atom stereocenters. The molecule has 0 aliphatic rings. The van der Waals surface area contributed by atoms with Crippen molar-refractivity contribution in [2.24, 2.45) is 0 Å². The number of halogens is 1. The van der Waals surface area contributed by atoms with E-state index >= 15 is 0 Å². The number of ether oxygens (including phenoxy) is 1. The van der Waals surface area contributed by atoms with E-state index in [9.17, 15) is 8.42 Å². The van der Waals surface area contributed by atoms with Crippen LogP contribution in [0.2, 0.25) is 0 Å². The second-order valence-electron chi connectivity index (χ2n) is 3.62. The fourth-order valence-electron chi connectivity index (χ4n) is 1.39. The van der Waals surface area contributed by atoms with Crippen molar-refractivity contribution in [2.75, 3.05) is 18.7 Å². The van der Waals surface area contributed by atoms with Crippen molar-refractivity contribution in [2.45, 2.75) is 13.0 Å². The molecule has 0 fully saturated rings. The topological polar surface area (TPSA) is 55.4 Å². The number of nitrogens with one attached hydrogen (secondary N) is 1. The van der Waals surface area contributed by atoms with Crippen LogP contribution in [0.4, 0.5) is 0 Å². The van der Waals surface area contributed by atoms with Crippen LogP contribution in [-0.4, -0.2) is 27.2 Å². The lowest BCUT2D eigenvalue weighted by atomic mass is 10.1. The first-order chi connectivity index (χ1) is 7.98. The van der Waals surface area contributed by atoms with E-state index in [0.717, 1.165) is 11.3 Å². The van der Waals surface area contributed by atoms with E-state index < -0.39 is 10.0 Å². The van der Waals surface area contributed by atoms with Gasteiger partial charge in [0, 0.05) is 11.9 Å². The second kappa shape index (κ2) is 6.23. The van der Waals surface area contributed by atoms with E-state index in [1.54, 1.807) is 26.2 Å². The first-order valence-electron chi connectivity index (χ1n) is 5.18. The maximum atomic E-state index is 11.5. The van der Waals surface area contributed by atoms with Crippen molar-refractivity contribution in [3.63, 3.8) is 0 Å². The molecule has 0 unspecified atom stereocenters. The quantitative estimate of drug-likeness (QED) is 0.808. The largest absolute Gasteiger partial charge is 0.497 e. The molecule has 1 aromatic rings. The van der Waals surface area contributed by atoms with Crippen LogP contribution < -0.4 is 9.46 Å². The molecule has 0 aliphatic heterocycles. The summed E-state index contributed by atoms with van der Waals surface area (Å²) in [5.41, 5.74) is 0.879. The minimum atomic E-state index is -3.31. The van der Waals surface area contributed by atoms with Gasteiger partial charge >= 0.3 is 0 Å². The number of benzene rings is 1. The Labute approximate surface area is 107 Å². The number of rotatable bonds is 6. The first-order valence-corrected chi connectivity index (χ1v) is 7.37. The lowest BCUT2D eigenvalue weighted by Gasteiger charge is -2.14. The van der Waals surface area contributed by atoms with E-state index in [1.165, 1.54) is 0 Å². The Morgan fingerprint density at radius 3 is 2.41 bits per heavy atom. The fourth-order valence-corrected chi connectivity index (χ4v) is 3.00. The molecule has 0 radical (unpaired) electrons. The first kappa shape index (κ1) is 14.3. The maximum absolute atomic E-state index is 11.5. The van der Waals surface area contributed by atoms with Crippen molar-refractivity contribution in [1.82, 2.24) is 4.72 Å². The van der Waals surface area contributed by atoms with E-state index in [4.69, 9.17) is 16.3 Å². The SMILES string of the molecule is COc1ccc([C@H](C)NS(=O)(=O)CCCl)cc1. The minimum absolute atomic E-state index is 0.0744. The van der Waals surface area contributed by atoms with Crippen molar-refractivity contribution in [3.8, 4) is 5.75 Å². The molecule has 0 bridgehead atoms. The van der Waals surface area contributed by atoms with Gasteiger partial charge in [-0.1, -0.05) is 12.1 Å². The van der Waals surface area contributed by atoms with Crippen molar-refractivity contribution in [3.05, 3.63) is 29.8 Å². The Hall–Kier alpha value is -0.780. The number of hydrogen-bond acceptors (Lipinski definition) is 3. The van der Waals surface area contributed by atoms with Gasteiger partial charge in [0.25, 0.3) is 0 Å². The highest BCUT2D eigenvalue weighted by atomic mass is 35.5.